The van der Waals surface area contributed by atoms with Crippen molar-refractivity contribution in [2.75, 3.05) is 16.0 Å². The summed E-state index contributed by atoms with van der Waals surface area (Å²) in [5.74, 6) is -1.42. The zero-order valence-corrected chi connectivity index (χ0v) is 14.2. The van der Waals surface area contributed by atoms with Gasteiger partial charge >= 0.3 is 0 Å². The minimum atomic E-state index is -0.840. The molecular weight excluding hydrogens is 350 g/mol. The number of benzene rings is 2. The molecule has 2 rings (SSSR count). The van der Waals surface area contributed by atoms with Crippen LogP contribution >= 0.6 is 0 Å². The molecule has 0 atom stereocenters. The number of nitro benzene ring substituents is 1. The largest absolute Gasteiger partial charge is 0.399 e. The van der Waals surface area contributed by atoms with Crippen molar-refractivity contribution in [3.05, 3.63) is 70.4 Å². The van der Waals surface area contributed by atoms with E-state index in [2.05, 4.69) is 5.32 Å². The Kier molecular flexibility index (Phi) is 5.86. The summed E-state index contributed by atoms with van der Waals surface area (Å²) in [6, 6.07) is 13.3. The minimum absolute atomic E-state index is 0.148. The van der Waals surface area contributed by atoms with Crippen LogP contribution in [0.25, 0.3) is 0 Å². The molecule has 0 aliphatic carbocycles. The van der Waals surface area contributed by atoms with Gasteiger partial charge in [0, 0.05) is 36.6 Å². The van der Waals surface area contributed by atoms with E-state index in [4.69, 9.17) is 5.73 Å². The number of amides is 2. The number of hydrogen-bond acceptors (Lipinski definition) is 7. The number of nitrogen functional groups attached to an aromatic ring is 1. The molecule has 0 spiro atoms. The second-order valence-corrected chi connectivity index (χ2v) is 5.37. The number of carbonyl (C=O) groups excluding carboxylic acids is 2. The Morgan fingerprint density at radius 3 is 2.48 bits per heavy atom. The third-order valence-corrected chi connectivity index (χ3v) is 3.46. The van der Waals surface area contributed by atoms with Crippen LogP contribution in [0.4, 0.5) is 22.7 Å². The average molecular weight is 365 g/mol. The molecule has 0 unspecified atom stereocenters. The lowest BCUT2D eigenvalue weighted by molar-refractivity contribution is -0.384. The highest BCUT2D eigenvalue weighted by Crippen LogP contribution is 2.20. The molecule has 0 aromatic heterocycles. The van der Waals surface area contributed by atoms with Gasteiger partial charge < -0.3 is 11.1 Å². The molecule has 0 saturated carbocycles. The maximum absolute atomic E-state index is 12.6. The number of nitrogens with zero attached hydrogens (tertiary/aromatic N) is 3. The molecule has 9 nitrogen and oxygen atoms in total. The van der Waals surface area contributed by atoms with Gasteiger partial charge in [-0.1, -0.05) is 6.07 Å². The number of nitro groups is 1. The lowest BCUT2D eigenvalue weighted by Crippen LogP contribution is -2.36. The Labute approximate surface area is 154 Å². The lowest BCUT2D eigenvalue weighted by Gasteiger charge is -2.19. The van der Waals surface area contributed by atoms with Crippen LogP contribution in [0, 0.1) is 21.4 Å². The van der Waals surface area contributed by atoms with Crippen molar-refractivity contribution in [3.63, 3.8) is 0 Å². The van der Waals surface area contributed by atoms with Gasteiger partial charge in [-0.15, -0.1) is 0 Å². The van der Waals surface area contributed by atoms with Crippen LogP contribution in [-0.2, 0) is 9.59 Å². The van der Waals surface area contributed by atoms with E-state index >= 15 is 0 Å². The van der Waals surface area contributed by atoms with Crippen LogP contribution in [0.15, 0.2) is 60.3 Å². The number of rotatable bonds is 5. The minimum Gasteiger partial charge on any atom is -0.399 e. The van der Waals surface area contributed by atoms with E-state index in [1.807, 2.05) is 0 Å². The smallest absolute Gasteiger partial charge is 0.277 e. The van der Waals surface area contributed by atoms with Gasteiger partial charge in [0.2, 0.25) is 5.91 Å². The molecule has 3 N–H and O–H groups in total. The standard InChI is InChI=1S/C18H15N5O4/c1-12(24)22(16-7-5-14(20)6-8-16)18(25)13(10-19)11-21-15-3-2-4-17(9-15)23(26)27/h2-9,11,21H,20H2,1H3/b13-11-. The summed E-state index contributed by atoms with van der Waals surface area (Å²) in [5, 5.41) is 22.8. The van der Waals surface area contributed by atoms with E-state index in [1.54, 1.807) is 6.07 Å². The molecule has 0 aliphatic rings. The second kappa shape index (κ2) is 8.26. The molecular formula is C18H15N5O4. The molecule has 0 bridgehead atoms. The molecule has 9 heteroatoms. The van der Waals surface area contributed by atoms with Crippen LogP contribution in [0.5, 0.6) is 0 Å². The number of hydrogen-bond donors (Lipinski definition) is 2. The fraction of sp³-hybridized carbons (Fsp3) is 0.0556. The SMILES string of the molecule is CC(=O)N(C(=O)/C(C#N)=C\Nc1cccc([N+](=O)[O-])c1)c1ccc(N)cc1. The van der Waals surface area contributed by atoms with E-state index < -0.39 is 16.7 Å². The van der Waals surface area contributed by atoms with Crippen molar-refractivity contribution >= 4 is 34.6 Å². The first-order chi connectivity index (χ1) is 12.8. The van der Waals surface area contributed by atoms with E-state index in [-0.39, 0.29) is 16.9 Å². The summed E-state index contributed by atoms with van der Waals surface area (Å²) in [6.07, 6.45) is 1.09. The zero-order chi connectivity index (χ0) is 20.0. The van der Waals surface area contributed by atoms with Crippen molar-refractivity contribution in [1.29, 1.82) is 5.26 Å². The molecule has 2 aromatic rings. The molecule has 0 aliphatic heterocycles. The summed E-state index contributed by atoms with van der Waals surface area (Å²) < 4.78 is 0. The van der Waals surface area contributed by atoms with Crippen molar-refractivity contribution in [2.45, 2.75) is 6.92 Å². The van der Waals surface area contributed by atoms with Crippen molar-refractivity contribution in [2.24, 2.45) is 0 Å². The van der Waals surface area contributed by atoms with Gasteiger partial charge in [-0.05, 0) is 30.3 Å². The third kappa shape index (κ3) is 4.67. The topological polar surface area (TPSA) is 142 Å². The van der Waals surface area contributed by atoms with Gasteiger partial charge in [-0.25, -0.2) is 4.90 Å². The molecule has 0 radical (unpaired) electrons. The lowest BCUT2D eigenvalue weighted by atomic mass is 10.2. The molecule has 0 saturated heterocycles. The van der Waals surface area contributed by atoms with E-state index in [0.29, 0.717) is 11.4 Å². The predicted octanol–water partition coefficient (Wildman–Crippen LogP) is 2.58. The van der Waals surface area contributed by atoms with Crippen LogP contribution in [-0.4, -0.2) is 16.7 Å². The van der Waals surface area contributed by atoms with E-state index in [0.717, 1.165) is 11.1 Å². The highest BCUT2D eigenvalue weighted by atomic mass is 16.6. The summed E-state index contributed by atoms with van der Waals surface area (Å²) in [7, 11) is 0. The number of imide groups is 1. The number of nitrogens with two attached hydrogens (primary N) is 1. The van der Waals surface area contributed by atoms with Gasteiger partial charge in [0.25, 0.3) is 11.6 Å². The van der Waals surface area contributed by atoms with Gasteiger partial charge in [0.15, 0.2) is 0 Å². The normalized spacial score (nSPS) is 10.6. The van der Waals surface area contributed by atoms with Crippen LogP contribution in [0.3, 0.4) is 0 Å². The first kappa shape index (κ1) is 19.1. The number of nitriles is 1. The molecule has 0 heterocycles. The van der Waals surface area contributed by atoms with E-state index in [9.17, 15) is 25.0 Å². The van der Waals surface area contributed by atoms with Crippen LogP contribution in [0.1, 0.15) is 6.92 Å². The number of non-ortho nitro benzene ring substituents is 1. The van der Waals surface area contributed by atoms with Gasteiger partial charge in [-0.2, -0.15) is 5.26 Å². The van der Waals surface area contributed by atoms with E-state index in [1.165, 1.54) is 55.5 Å². The van der Waals surface area contributed by atoms with Crippen LogP contribution < -0.4 is 16.0 Å². The van der Waals surface area contributed by atoms with Gasteiger partial charge in [0.05, 0.1) is 10.6 Å². The van der Waals surface area contributed by atoms with Crippen LogP contribution in [0.2, 0.25) is 0 Å². The number of carbonyl (C=O) groups is 2. The molecule has 27 heavy (non-hydrogen) atoms. The summed E-state index contributed by atoms with van der Waals surface area (Å²) >= 11 is 0. The average Bonchev–Trinajstić information content (AvgIpc) is 2.64. The number of nitrogens with one attached hydrogen (secondary N) is 1. The summed E-state index contributed by atoms with van der Waals surface area (Å²) in [5.41, 5.74) is 6.13. The molecule has 2 amide bonds. The van der Waals surface area contributed by atoms with Crippen molar-refractivity contribution in [1.82, 2.24) is 0 Å². The van der Waals surface area contributed by atoms with Crippen molar-refractivity contribution < 1.29 is 14.5 Å². The van der Waals surface area contributed by atoms with Gasteiger partial charge in [0.1, 0.15) is 11.6 Å². The first-order valence-electron chi connectivity index (χ1n) is 7.65. The third-order valence-electron chi connectivity index (χ3n) is 3.46. The van der Waals surface area contributed by atoms with Gasteiger partial charge in [-0.3, -0.25) is 19.7 Å². The highest BCUT2D eigenvalue weighted by molar-refractivity contribution is 6.21. The monoisotopic (exact) mass is 365 g/mol. The fourth-order valence-electron chi connectivity index (χ4n) is 2.19. The summed E-state index contributed by atoms with van der Waals surface area (Å²) in [6.45, 7) is 1.19. The zero-order valence-electron chi connectivity index (χ0n) is 14.2. The molecule has 136 valence electrons. The Balaban J connectivity index is 2.30. The Morgan fingerprint density at radius 1 is 1.26 bits per heavy atom. The Morgan fingerprint density at radius 2 is 1.93 bits per heavy atom. The number of anilines is 3. The quantitative estimate of drug-likeness (QED) is 0.272. The maximum atomic E-state index is 12.6. The van der Waals surface area contributed by atoms with Crippen molar-refractivity contribution in [3.8, 4) is 6.07 Å². The fourth-order valence-corrected chi connectivity index (χ4v) is 2.19. The summed E-state index contributed by atoms with van der Waals surface area (Å²) in [4.78, 5) is 35.6. The Hall–Kier alpha value is -4.19. The highest BCUT2D eigenvalue weighted by Gasteiger charge is 2.24. The first-order valence-corrected chi connectivity index (χ1v) is 7.65. The second-order valence-electron chi connectivity index (χ2n) is 5.37. The molecule has 0 fully saturated rings. The molecule has 2 aromatic carbocycles. The predicted molar refractivity (Wildman–Crippen MR) is 99.4 cm³/mol. The Bertz CT molecular complexity index is 960. The maximum Gasteiger partial charge on any atom is 0.277 e.